The normalized spacial score (nSPS) is 18.7. The van der Waals surface area contributed by atoms with E-state index in [0.29, 0.717) is 17.8 Å². The molecule has 1 fully saturated rings. The lowest BCUT2D eigenvalue weighted by Crippen LogP contribution is -2.42. The van der Waals surface area contributed by atoms with Crippen molar-refractivity contribution in [1.82, 2.24) is 14.9 Å². The van der Waals surface area contributed by atoms with Crippen LogP contribution in [-0.4, -0.2) is 51.6 Å². The molecule has 0 amide bonds. The summed E-state index contributed by atoms with van der Waals surface area (Å²) in [4.78, 5) is 20.9. The predicted molar refractivity (Wildman–Crippen MR) is 86.4 cm³/mol. The van der Waals surface area contributed by atoms with Crippen molar-refractivity contribution in [3.05, 3.63) is 24.0 Å². The van der Waals surface area contributed by atoms with Crippen LogP contribution >= 0.6 is 0 Å². The molecule has 1 saturated heterocycles. The minimum Gasteiger partial charge on any atom is -0.478 e. The first kappa shape index (κ1) is 15.3. The predicted octanol–water partition coefficient (Wildman–Crippen LogP) is 2.05. The van der Waals surface area contributed by atoms with Gasteiger partial charge < -0.3 is 20.3 Å². The molecule has 3 N–H and O–H groups in total. The Bertz CT molecular complexity index is 748. The highest BCUT2D eigenvalue weighted by Gasteiger charge is 2.23. The summed E-state index contributed by atoms with van der Waals surface area (Å²) in [6.07, 6.45) is 5.68. The Labute approximate surface area is 133 Å². The van der Waals surface area contributed by atoms with E-state index < -0.39 is 5.97 Å². The number of nitriles is 1. The maximum absolute atomic E-state index is 11.5. The van der Waals surface area contributed by atoms with Gasteiger partial charge in [-0.05, 0) is 25.5 Å². The zero-order chi connectivity index (χ0) is 16.2. The number of carbonyl (C=O) groups is 1. The highest BCUT2D eigenvalue weighted by Crippen LogP contribution is 2.27. The van der Waals surface area contributed by atoms with Crippen molar-refractivity contribution in [1.29, 1.82) is 5.26 Å². The van der Waals surface area contributed by atoms with Gasteiger partial charge in [0.05, 0.1) is 11.8 Å². The highest BCUT2D eigenvalue weighted by molar-refractivity contribution is 6.03. The number of nitrogens with one attached hydrogen (secondary N) is 2. The van der Waals surface area contributed by atoms with Gasteiger partial charge in [-0.15, -0.1) is 0 Å². The largest absolute Gasteiger partial charge is 0.478 e. The number of pyridine rings is 1. The van der Waals surface area contributed by atoms with Crippen molar-refractivity contribution in [2.45, 2.75) is 25.3 Å². The molecule has 2 aromatic heterocycles. The summed E-state index contributed by atoms with van der Waals surface area (Å²) in [5, 5.41) is 22.3. The number of aromatic nitrogens is 2. The first-order chi connectivity index (χ1) is 11.2. The first-order valence-corrected chi connectivity index (χ1v) is 7.74. The second kappa shape index (κ2) is 6.67. The number of aromatic carboxylic acids is 1. The van der Waals surface area contributed by atoms with Crippen LogP contribution in [0.4, 0.5) is 5.69 Å². The van der Waals surface area contributed by atoms with E-state index >= 15 is 0 Å². The van der Waals surface area contributed by atoms with Crippen molar-refractivity contribution >= 4 is 22.7 Å². The fourth-order valence-electron chi connectivity index (χ4n) is 3.11. The van der Waals surface area contributed by atoms with Crippen molar-refractivity contribution in [2.75, 3.05) is 25.0 Å². The van der Waals surface area contributed by atoms with Crippen LogP contribution in [0.25, 0.3) is 11.0 Å². The molecular weight excluding hydrogens is 294 g/mol. The molecular formula is C16H19N5O2. The second-order valence-electron chi connectivity index (χ2n) is 5.78. The molecule has 1 atom stereocenters. The molecule has 0 radical (unpaired) electrons. The van der Waals surface area contributed by atoms with E-state index in [1.807, 2.05) is 6.07 Å². The number of likely N-dealkylation sites (tertiary alicyclic amines) is 1. The topological polar surface area (TPSA) is 105 Å². The number of H-pyrrole nitrogens is 1. The van der Waals surface area contributed by atoms with E-state index in [1.165, 1.54) is 6.20 Å². The number of anilines is 1. The van der Waals surface area contributed by atoms with Gasteiger partial charge >= 0.3 is 5.97 Å². The van der Waals surface area contributed by atoms with Gasteiger partial charge in [0.2, 0.25) is 0 Å². The summed E-state index contributed by atoms with van der Waals surface area (Å²) in [6, 6.07) is 4.18. The Morgan fingerprint density at radius 2 is 2.48 bits per heavy atom. The summed E-state index contributed by atoms with van der Waals surface area (Å²) in [5.41, 5.74) is 1.48. The summed E-state index contributed by atoms with van der Waals surface area (Å²) in [7, 11) is 0. The highest BCUT2D eigenvalue weighted by atomic mass is 16.4. The summed E-state index contributed by atoms with van der Waals surface area (Å²) < 4.78 is 0. The molecule has 0 aromatic carbocycles. The van der Waals surface area contributed by atoms with Crippen LogP contribution < -0.4 is 5.32 Å². The zero-order valence-electron chi connectivity index (χ0n) is 12.7. The number of hydrogen-bond donors (Lipinski definition) is 3. The maximum Gasteiger partial charge on any atom is 0.339 e. The lowest BCUT2D eigenvalue weighted by atomic mass is 10.0. The maximum atomic E-state index is 11.5. The molecule has 2 aromatic rings. The van der Waals surface area contributed by atoms with Crippen molar-refractivity contribution in [3.8, 4) is 6.07 Å². The summed E-state index contributed by atoms with van der Waals surface area (Å²) in [5.74, 6) is -0.986. The Morgan fingerprint density at radius 3 is 3.26 bits per heavy atom. The Kier molecular flexibility index (Phi) is 4.44. The minimum atomic E-state index is -0.986. The molecule has 3 heterocycles. The van der Waals surface area contributed by atoms with Gasteiger partial charge in [-0.1, -0.05) is 0 Å². The molecule has 3 rings (SSSR count). The van der Waals surface area contributed by atoms with Crippen molar-refractivity contribution in [3.63, 3.8) is 0 Å². The lowest BCUT2D eigenvalue weighted by Gasteiger charge is -2.33. The molecule has 0 saturated carbocycles. The third kappa shape index (κ3) is 3.27. The van der Waals surface area contributed by atoms with E-state index in [0.717, 1.165) is 37.9 Å². The molecule has 23 heavy (non-hydrogen) atoms. The number of nitrogens with zero attached hydrogens (tertiary/aromatic N) is 3. The standard InChI is InChI=1S/C16H19N5O2/c17-5-2-8-21-7-1-3-11(10-21)20-14-12-4-6-18-15(12)19-9-13(14)16(22)23/h4,6,9,11H,1-3,7-8,10H2,(H,22,23)(H2,18,19,20). The second-order valence-corrected chi connectivity index (χ2v) is 5.78. The summed E-state index contributed by atoms with van der Waals surface area (Å²) >= 11 is 0. The van der Waals surface area contributed by atoms with Gasteiger partial charge in [0.25, 0.3) is 0 Å². The Morgan fingerprint density at radius 1 is 1.61 bits per heavy atom. The van der Waals surface area contributed by atoms with Gasteiger partial charge in [-0.2, -0.15) is 5.26 Å². The minimum absolute atomic E-state index is 0.168. The number of piperidine rings is 1. The number of rotatable bonds is 5. The van der Waals surface area contributed by atoms with E-state index in [9.17, 15) is 9.90 Å². The van der Waals surface area contributed by atoms with Gasteiger partial charge in [-0.3, -0.25) is 0 Å². The fourth-order valence-corrected chi connectivity index (χ4v) is 3.11. The average Bonchev–Trinajstić information content (AvgIpc) is 3.02. The van der Waals surface area contributed by atoms with Gasteiger partial charge in [0.1, 0.15) is 11.2 Å². The fraction of sp³-hybridized carbons (Fsp3) is 0.438. The van der Waals surface area contributed by atoms with E-state index in [1.54, 1.807) is 6.20 Å². The van der Waals surface area contributed by atoms with Crippen LogP contribution in [0.2, 0.25) is 0 Å². The molecule has 120 valence electrons. The number of aromatic amines is 1. The van der Waals surface area contributed by atoms with E-state index in [4.69, 9.17) is 5.26 Å². The van der Waals surface area contributed by atoms with Gasteiger partial charge in [-0.25, -0.2) is 9.78 Å². The molecule has 7 nitrogen and oxygen atoms in total. The smallest absolute Gasteiger partial charge is 0.339 e. The Balaban J connectivity index is 1.83. The SMILES string of the molecule is N#CCCN1CCCC(Nc2c(C(=O)O)cnc3[nH]ccc23)C1. The van der Waals surface area contributed by atoms with Gasteiger partial charge in [0.15, 0.2) is 0 Å². The van der Waals surface area contributed by atoms with Crippen LogP contribution in [-0.2, 0) is 0 Å². The van der Waals surface area contributed by atoms with Crippen molar-refractivity contribution < 1.29 is 9.90 Å². The molecule has 0 spiro atoms. The average molecular weight is 313 g/mol. The van der Waals surface area contributed by atoms with Gasteiger partial charge in [0, 0.05) is 43.3 Å². The number of carboxylic acids is 1. The van der Waals surface area contributed by atoms with E-state index in [-0.39, 0.29) is 11.6 Å². The molecule has 1 aliphatic heterocycles. The third-order valence-electron chi connectivity index (χ3n) is 4.21. The third-order valence-corrected chi connectivity index (χ3v) is 4.21. The monoisotopic (exact) mass is 313 g/mol. The van der Waals surface area contributed by atoms with Crippen LogP contribution in [0.1, 0.15) is 29.6 Å². The van der Waals surface area contributed by atoms with Crippen LogP contribution in [0.5, 0.6) is 0 Å². The first-order valence-electron chi connectivity index (χ1n) is 7.74. The van der Waals surface area contributed by atoms with Crippen LogP contribution in [0.3, 0.4) is 0 Å². The lowest BCUT2D eigenvalue weighted by molar-refractivity contribution is 0.0697. The number of fused-ring (bicyclic) bond motifs is 1. The molecule has 0 aliphatic carbocycles. The van der Waals surface area contributed by atoms with Crippen LogP contribution in [0, 0.1) is 11.3 Å². The number of carboxylic acid groups (broad SMARTS) is 1. The van der Waals surface area contributed by atoms with E-state index in [2.05, 4.69) is 26.3 Å². The molecule has 0 bridgehead atoms. The summed E-state index contributed by atoms with van der Waals surface area (Å²) in [6.45, 7) is 2.56. The molecule has 1 aliphatic rings. The molecule has 1 unspecified atom stereocenters. The van der Waals surface area contributed by atoms with Crippen molar-refractivity contribution in [2.24, 2.45) is 0 Å². The Hall–Kier alpha value is -2.59. The zero-order valence-corrected chi connectivity index (χ0v) is 12.7. The number of hydrogen-bond acceptors (Lipinski definition) is 5. The van der Waals surface area contributed by atoms with Crippen LogP contribution in [0.15, 0.2) is 18.5 Å². The molecule has 7 heteroatoms. The quantitative estimate of drug-likeness (QED) is 0.780.